The Kier molecular flexibility index (Phi) is 24.0. The SMILES string of the molecule is CCCCCCCCCCCC(=O)OS(=O)(=O)[O-].CCO.[Na+]. The Morgan fingerprint density at radius 1 is 0.955 bits per heavy atom. The minimum Gasteiger partial charge on any atom is -0.716 e. The predicted octanol–water partition coefficient (Wildman–Crippen LogP) is -0.0867. The minimum absolute atomic E-state index is 0. The molecule has 0 fully saturated rings. The van der Waals surface area contributed by atoms with Crippen LogP contribution in [0, 0.1) is 0 Å². The van der Waals surface area contributed by atoms with E-state index in [1.54, 1.807) is 6.92 Å². The molecule has 0 radical (unpaired) electrons. The molecule has 0 rings (SSSR count). The van der Waals surface area contributed by atoms with Crippen LogP contribution >= 0.6 is 0 Å². The summed E-state index contributed by atoms with van der Waals surface area (Å²) in [4.78, 5) is 10.9. The molecule has 0 aromatic heterocycles. The van der Waals surface area contributed by atoms with Crippen LogP contribution in [0.5, 0.6) is 0 Å². The molecule has 0 aliphatic carbocycles. The molecule has 0 aromatic rings. The number of aliphatic hydroxyl groups is 1. The number of aliphatic hydroxyl groups excluding tert-OH is 1. The molecule has 0 saturated heterocycles. The van der Waals surface area contributed by atoms with Crippen molar-refractivity contribution < 1.29 is 56.6 Å². The van der Waals surface area contributed by atoms with Gasteiger partial charge in [0.25, 0.3) is 10.4 Å². The molecule has 0 bridgehead atoms. The molecule has 0 unspecified atom stereocenters. The largest absolute Gasteiger partial charge is 1.00 e. The number of unbranched alkanes of at least 4 members (excludes halogenated alkanes) is 8. The summed E-state index contributed by atoms with van der Waals surface area (Å²) in [5.74, 6) is -0.951. The standard InChI is InChI=1S/C12H24O5S.C2H6O.Na/c1-2-3-4-5-6-7-8-9-10-11-12(13)17-18(14,15)16;1-2-3;/h2-11H2,1H3,(H,14,15,16);3H,2H2,1H3;/q;;+1/p-1. The zero-order valence-electron chi connectivity index (χ0n) is 14.2. The van der Waals surface area contributed by atoms with Gasteiger partial charge in [-0.3, -0.25) is 4.79 Å². The van der Waals surface area contributed by atoms with Crippen molar-refractivity contribution in [3.05, 3.63) is 0 Å². The van der Waals surface area contributed by atoms with E-state index in [9.17, 15) is 17.8 Å². The number of hydrogen-bond donors (Lipinski definition) is 1. The maximum atomic E-state index is 10.9. The van der Waals surface area contributed by atoms with E-state index in [1.165, 1.54) is 32.1 Å². The van der Waals surface area contributed by atoms with Gasteiger partial charge in [0, 0.05) is 13.0 Å². The average molecular weight is 348 g/mol. The number of carbonyl (C=O) groups excluding carboxylic acids is 1. The predicted molar refractivity (Wildman–Crippen MR) is 80.4 cm³/mol. The maximum absolute atomic E-state index is 10.9. The van der Waals surface area contributed by atoms with Crippen molar-refractivity contribution in [2.24, 2.45) is 0 Å². The molecule has 0 atom stereocenters. The van der Waals surface area contributed by atoms with Crippen molar-refractivity contribution in [1.82, 2.24) is 0 Å². The van der Waals surface area contributed by atoms with Gasteiger partial charge in [0.15, 0.2) is 0 Å². The third kappa shape index (κ3) is 28.5. The summed E-state index contributed by atoms with van der Waals surface area (Å²) in [5, 5.41) is 7.57. The second kappa shape index (κ2) is 19.4. The second-order valence-electron chi connectivity index (χ2n) is 4.76. The molecule has 0 aliphatic rings. The van der Waals surface area contributed by atoms with Crippen molar-refractivity contribution in [2.75, 3.05) is 6.61 Å². The van der Waals surface area contributed by atoms with Gasteiger partial charge in [0.05, 0.1) is 0 Å². The quantitative estimate of drug-likeness (QED) is 0.242. The molecule has 0 aliphatic heterocycles. The van der Waals surface area contributed by atoms with E-state index in [1.807, 2.05) is 0 Å². The van der Waals surface area contributed by atoms with Gasteiger partial charge in [0.2, 0.25) is 0 Å². The maximum Gasteiger partial charge on any atom is 1.00 e. The first-order valence-corrected chi connectivity index (χ1v) is 8.99. The Morgan fingerprint density at radius 2 is 1.32 bits per heavy atom. The molecule has 6 nitrogen and oxygen atoms in total. The van der Waals surface area contributed by atoms with Crippen molar-refractivity contribution in [1.29, 1.82) is 0 Å². The number of carbonyl (C=O) groups is 1. The first-order valence-electron chi connectivity index (χ1n) is 7.66. The van der Waals surface area contributed by atoms with Gasteiger partial charge in [-0.25, -0.2) is 8.42 Å². The molecule has 1 N–H and O–H groups in total. The van der Waals surface area contributed by atoms with Crippen LogP contribution in [-0.2, 0) is 19.4 Å². The molecular weight excluding hydrogens is 319 g/mol. The van der Waals surface area contributed by atoms with Crippen molar-refractivity contribution >= 4 is 16.4 Å². The van der Waals surface area contributed by atoms with Crippen LogP contribution in [0.3, 0.4) is 0 Å². The number of hydrogen-bond acceptors (Lipinski definition) is 6. The molecule has 128 valence electrons. The average Bonchev–Trinajstić information content (AvgIpc) is 2.35. The Morgan fingerprint density at radius 3 is 1.68 bits per heavy atom. The molecule has 0 saturated carbocycles. The topological polar surface area (TPSA) is 104 Å². The molecule has 0 spiro atoms. The molecule has 22 heavy (non-hydrogen) atoms. The van der Waals surface area contributed by atoms with Crippen LogP contribution in [0.15, 0.2) is 0 Å². The van der Waals surface area contributed by atoms with Gasteiger partial charge < -0.3 is 13.8 Å². The summed E-state index contributed by atoms with van der Waals surface area (Å²) < 4.78 is 34.0. The Bertz CT molecular complexity index is 332. The molecule has 0 aromatic carbocycles. The third-order valence-corrected chi connectivity index (χ3v) is 3.07. The zero-order chi connectivity index (χ0) is 16.6. The van der Waals surface area contributed by atoms with Gasteiger partial charge in [-0.1, -0.05) is 58.3 Å². The summed E-state index contributed by atoms with van der Waals surface area (Å²) >= 11 is 0. The fraction of sp³-hybridized carbons (Fsp3) is 0.929. The number of rotatable bonds is 11. The van der Waals surface area contributed by atoms with Crippen molar-refractivity contribution in [3.63, 3.8) is 0 Å². The Balaban J connectivity index is -0.000000827. The first kappa shape index (κ1) is 27.2. The zero-order valence-corrected chi connectivity index (χ0v) is 17.0. The van der Waals surface area contributed by atoms with E-state index in [0.717, 1.165) is 19.3 Å². The smallest absolute Gasteiger partial charge is 0.716 e. The van der Waals surface area contributed by atoms with Gasteiger partial charge in [-0.05, 0) is 13.3 Å². The monoisotopic (exact) mass is 348 g/mol. The van der Waals surface area contributed by atoms with E-state index in [-0.39, 0.29) is 42.6 Å². The minimum atomic E-state index is -4.88. The fourth-order valence-corrected chi connectivity index (χ4v) is 2.05. The molecule has 0 amide bonds. The fourth-order valence-electron chi connectivity index (χ4n) is 1.74. The Hall–Kier alpha value is 0.340. The second-order valence-corrected chi connectivity index (χ2v) is 5.74. The summed E-state index contributed by atoms with van der Waals surface area (Å²) in [5.41, 5.74) is 0. The van der Waals surface area contributed by atoms with E-state index in [0.29, 0.717) is 6.42 Å². The van der Waals surface area contributed by atoms with Crippen LogP contribution in [0.1, 0.15) is 78.1 Å². The Labute approximate surface area is 157 Å². The molecule has 0 heterocycles. The van der Waals surface area contributed by atoms with Crippen molar-refractivity contribution in [2.45, 2.75) is 78.1 Å². The molecular formula is C14H29NaO6S. The van der Waals surface area contributed by atoms with Gasteiger partial charge in [0.1, 0.15) is 0 Å². The van der Waals surface area contributed by atoms with E-state index < -0.39 is 16.4 Å². The summed E-state index contributed by atoms with van der Waals surface area (Å²) in [6.45, 7) is 4.11. The summed E-state index contributed by atoms with van der Waals surface area (Å²) in [7, 11) is -4.88. The van der Waals surface area contributed by atoms with Gasteiger partial charge in [-0.2, -0.15) is 0 Å². The van der Waals surface area contributed by atoms with Crippen LogP contribution in [-0.4, -0.2) is 30.7 Å². The van der Waals surface area contributed by atoms with Gasteiger partial charge >= 0.3 is 35.5 Å². The third-order valence-electron chi connectivity index (χ3n) is 2.68. The van der Waals surface area contributed by atoms with E-state index in [2.05, 4.69) is 11.1 Å². The van der Waals surface area contributed by atoms with Crippen LogP contribution < -0.4 is 29.6 Å². The summed E-state index contributed by atoms with van der Waals surface area (Å²) in [6.07, 6.45) is 9.87. The van der Waals surface area contributed by atoms with Gasteiger partial charge in [-0.15, -0.1) is 0 Å². The summed E-state index contributed by atoms with van der Waals surface area (Å²) in [6, 6.07) is 0. The first-order chi connectivity index (χ1) is 9.87. The van der Waals surface area contributed by atoms with Crippen LogP contribution in [0.25, 0.3) is 0 Å². The van der Waals surface area contributed by atoms with Crippen LogP contribution in [0.4, 0.5) is 0 Å². The normalized spacial score (nSPS) is 10.2. The van der Waals surface area contributed by atoms with Crippen molar-refractivity contribution in [3.8, 4) is 0 Å². The van der Waals surface area contributed by atoms with E-state index in [4.69, 9.17) is 5.11 Å². The van der Waals surface area contributed by atoms with E-state index >= 15 is 0 Å². The van der Waals surface area contributed by atoms with Crippen LogP contribution in [0.2, 0.25) is 0 Å². The molecule has 8 heteroatoms.